The van der Waals surface area contributed by atoms with Crippen LogP contribution < -0.4 is 4.72 Å². The fraction of sp³-hybridized carbons (Fsp3) is 0.412. The lowest BCUT2D eigenvalue weighted by Gasteiger charge is -2.40. The number of amides is 2. The van der Waals surface area contributed by atoms with Crippen LogP contribution in [0.4, 0.5) is 0 Å². The molecule has 24 heavy (non-hydrogen) atoms. The molecular formula is C17H22N2O4S. The molecule has 1 fully saturated rings. The monoisotopic (exact) mass is 350 g/mol. The molecule has 0 aliphatic carbocycles. The Kier molecular flexibility index (Phi) is 5.43. The van der Waals surface area contributed by atoms with E-state index in [2.05, 4.69) is 11.3 Å². The molecule has 1 aromatic carbocycles. The number of likely N-dealkylation sites (tertiary alicyclic amines) is 1. The maximum Gasteiger partial charge on any atom is 0.245 e. The van der Waals surface area contributed by atoms with Crippen LogP contribution in [0.3, 0.4) is 0 Å². The first kappa shape index (κ1) is 18.2. The van der Waals surface area contributed by atoms with Crippen LogP contribution in [0.25, 0.3) is 0 Å². The Hall–Kier alpha value is -2.15. The van der Waals surface area contributed by atoms with Crippen molar-refractivity contribution in [3.8, 4) is 0 Å². The highest BCUT2D eigenvalue weighted by Crippen LogP contribution is 2.36. The van der Waals surface area contributed by atoms with Crippen molar-refractivity contribution in [1.82, 2.24) is 9.62 Å². The SMILES string of the molecule is C=CC(=O)N1CCC(C(=O)NS(=O)(=O)CC)(c2ccccc2)CC1. The number of nitrogens with one attached hydrogen (secondary N) is 1. The fourth-order valence-electron chi connectivity index (χ4n) is 2.95. The van der Waals surface area contributed by atoms with Gasteiger partial charge in [-0.15, -0.1) is 0 Å². The minimum absolute atomic E-state index is 0.162. The average Bonchev–Trinajstić information content (AvgIpc) is 2.61. The van der Waals surface area contributed by atoms with Gasteiger partial charge in [0, 0.05) is 13.1 Å². The number of carbonyl (C=O) groups excluding carboxylic acids is 2. The first-order valence-corrected chi connectivity index (χ1v) is 9.51. The van der Waals surface area contributed by atoms with Crippen molar-refractivity contribution in [3.63, 3.8) is 0 Å². The largest absolute Gasteiger partial charge is 0.339 e. The van der Waals surface area contributed by atoms with Crippen LogP contribution in [-0.2, 0) is 25.0 Å². The standard InChI is InChI=1S/C17H22N2O4S/c1-3-15(20)19-12-10-17(11-13-19,14-8-6-5-7-9-14)16(21)18-24(22,23)4-2/h3,5-9H,1,4,10-13H2,2H3,(H,18,21). The minimum atomic E-state index is -3.64. The second-order valence-corrected chi connectivity index (χ2v) is 7.82. The van der Waals surface area contributed by atoms with E-state index in [1.807, 2.05) is 30.3 Å². The number of benzene rings is 1. The topological polar surface area (TPSA) is 83.6 Å². The molecule has 0 aromatic heterocycles. The summed E-state index contributed by atoms with van der Waals surface area (Å²) in [7, 11) is -3.64. The molecule has 0 atom stereocenters. The second-order valence-electron chi connectivity index (χ2n) is 5.81. The van der Waals surface area contributed by atoms with E-state index < -0.39 is 21.3 Å². The van der Waals surface area contributed by atoms with E-state index in [1.165, 1.54) is 13.0 Å². The van der Waals surface area contributed by atoms with E-state index in [9.17, 15) is 18.0 Å². The summed E-state index contributed by atoms with van der Waals surface area (Å²) in [5.74, 6) is -0.871. The molecular weight excluding hydrogens is 328 g/mol. The highest BCUT2D eigenvalue weighted by Gasteiger charge is 2.44. The Morgan fingerprint density at radius 2 is 1.83 bits per heavy atom. The fourth-order valence-corrected chi connectivity index (χ4v) is 3.58. The zero-order valence-electron chi connectivity index (χ0n) is 13.7. The molecule has 7 heteroatoms. The number of sulfonamides is 1. The number of hydrogen-bond donors (Lipinski definition) is 1. The highest BCUT2D eigenvalue weighted by atomic mass is 32.2. The van der Waals surface area contributed by atoms with Crippen molar-refractivity contribution in [2.45, 2.75) is 25.2 Å². The van der Waals surface area contributed by atoms with Crippen molar-refractivity contribution in [2.24, 2.45) is 0 Å². The van der Waals surface area contributed by atoms with Crippen molar-refractivity contribution in [2.75, 3.05) is 18.8 Å². The van der Waals surface area contributed by atoms with Gasteiger partial charge in [0.2, 0.25) is 21.8 Å². The van der Waals surface area contributed by atoms with E-state index in [-0.39, 0.29) is 11.7 Å². The Bertz CT molecular complexity index is 720. The summed E-state index contributed by atoms with van der Waals surface area (Å²) in [6.45, 7) is 5.71. The van der Waals surface area contributed by atoms with Crippen molar-refractivity contribution in [3.05, 3.63) is 48.6 Å². The summed E-state index contributed by atoms with van der Waals surface area (Å²) in [6.07, 6.45) is 1.97. The summed E-state index contributed by atoms with van der Waals surface area (Å²) in [5.41, 5.74) is -0.193. The van der Waals surface area contributed by atoms with Crippen LogP contribution in [0.5, 0.6) is 0 Å². The molecule has 1 N–H and O–H groups in total. The van der Waals surface area contributed by atoms with Gasteiger partial charge in [-0.2, -0.15) is 0 Å². The number of nitrogens with zero attached hydrogens (tertiary/aromatic N) is 1. The molecule has 0 spiro atoms. The van der Waals surface area contributed by atoms with Crippen molar-refractivity contribution in [1.29, 1.82) is 0 Å². The molecule has 1 aliphatic heterocycles. The van der Waals surface area contributed by atoms with Gasteiger partial charge in [-0.05, 0) is 31.4 Å². The Morgan fingerprint density at radius 1 is 1.25 bits per heavy atom. The van der Waals surface area contributed by atoms with Gasteiger partial charge < -0.3 is 4.90 Å². The number of rotatable bonds is 5. The van der Waals surface area contributed by atoms with Gasteiger partial charge in [0.1, 0.15) is 0 Å². The molecule has 6 nitrogen and oxygen atoms in total. The van der Waals surface area contributed by atoms with Crippen LogP contribution >= 0.6 is 0 Å². The Balaban J connectivity index is 2.33. The third-order valence-electron chi connectivity index (χ3n) is 4.49. The predicted octanol–water partition coefficient (Wildman–Crippen LogP) is 1.20. The van der Waals surface area contributed by atoms with Crippen LogP contribution in [0.2, 0.25) is 0 Å². The number of hydrogen-bond acceptors (Lipinski definition) is 4. The highest BCUT2D eigenvalue weighted by molar-refractivity contribution is 7.90. The zero-order valence-corrected chi connectivity index (χ0v) is 14.5. The third kappa shape index (κ3) is 3.67. The molecule has 0 saturated carbocycles. The van der Waals surface area contributed by atoms with Crippen molar-refractivity contribution >= 4 is 21.8 Å². The van der Waals surface area contributed by atoms with Gasteiger partial charge in [-0.1, -0.05) is 36.9 Å². The smallest absolute Gasteiger partial charge is 0.245 e. The first-order valence-electron chi connectivity index (χ1n) is 7.86. The second kappa shape index (κ2) is 7.17. The lowest BCUT2D eigenvalue weighted by atomic mass is 9.72. The molecule has 1 saturated heterocycles. The van der Waals surface area contributed by atoms with E-state index in [0.717, 1.165) is 5.56 Å². The summed E-state index contributed by atoms with van der Waals surface area (Å²) >= 11 is 0. The molecule has 1 aromatic rings. The summed E-state index contributed by atoms with van der Waals surface area (Å²) < 4.78 is 25.9. The summed E-state index contributed by atoms with van der Waals surface area (Å²) in [4.78, 5) is 26.2. The summed E-state index contributed by atoms with van der Waals surface area (Å²) in [6, 6.07) is 9.13. The number of carbonyl (C=O) groups is 2. The van der Waals surface area contributed by atoms with Gasteiger partial charge in [0.25, 0.3) is 0 Å². The first-order chi connectivity index (χ1) is 11.3. The molecule has 130 valence electrons. The number of piperidine rings is 1. The maximum atomic E-state index is 12.8. The van der Waals surface area contributed by atoms with Crippen LogP contribution in [0.1, 0.15) is 25.3 Å². The lowest BCUT2D eigenvalue weighted by Crippen LogP contribution is -2.53. The van der Waals surface area contributed by atoms with Gasteiger partial charge in [0.15, 0.2) is 0 Å². The van der Waals surface area contributed by atoms with Crippen LogP contribution in [0, 0.1) is 0 Å². The zero-order chi connectivity index (χ0) is 17.8. The Morgan fingerprint density at radius 3 is 2.33 bits per heavy atom. The minimum Gasteiger partial charge on any atom is -0.339 e. The third-order valence-corrected chi connectivity index (χ3v) is 5.75. The molecule has 0 radical (unpaired) electrons. The van der Waals surface area contributed by atoms with E-state index in [1.54, 1.807) is 4.90 Å². The van der Waals surface area contributed by atoms with E-state index in [4.69, 9.17) is 0 Å². The quantitative estimate of drug-likeness (QED) is 0.809. The Labute approximate surface area is 142 Å². The van der Waals surface area contributed by atoms with Gasteiger partial charge >= 0.3 is 0 Å². The lowest BCUT2D eigenvalue weighted by molar-refractivity contribution is -0.132. The van der Waals surface area contributed by atoms with Gasteiger partial charge in [-0.3, -0.25) is 14.3 Å². The average molecular weight is 350 g/mol. The maximum absolute atomic E-state index is 12.8. The van der Waals surface area contributed by atoms with Crippen LogP contribution in [0.15, 0.2) is 43.0 Å². The molecule has 1 aliphatic rings. The van der Waals surface area contributed by atoms with E-state index >= 15 is 0 Å². The molecule has 2 rings (SSSR count). The van der Waals surface area contributed by atoms with Crippen molar-refractivity contribution < 1.29 is 18.0 Å². The van der Waals surface area contributed by atoms with E-state index in [0.29, 0.717) is 25.9 Å². The normalized spacial score (nSPS) is 17.1. The molecule has 1 heterocycles. The molecule has 0 unspecified atom stereocenters. The summed E-state index contributed by atoms with van der Waals surface area (Å²) in [5, 5.41) is 0. The molecule has 0 bridgehead atoms. The van der Waals surface area contributed by atoms with Gasteiger partial charge in [0.05, 0.1) is 11.2 Å². The molecule has 2 amide bonds. The predicted molar refractivity (Wildman–Crippen MR) is 91.7 cm³/mol. The van der Waals surface area contributed by atoms with Gasteiger partial charge in [-0.25, -0.2) is 8.42 Å². The van der Waals surface area contributed by atoms with Crippen LogP contribution in [-0.4, -0.2) is 44.0 Å².